The van der Waals surface area contributed by atoms with E-state index in [2.05, 4.69) is 15.5 Å². The molecule has 0 amide bonds. The minimum absolute atomic E-state index is 0.114. The second kappa shape index (κ2) is 5.89. The molecule has 0 unspecified atom stereocenters. The highest BCUT2D eigenvalue weighted by Crippen LogP contribution is 2.23. The predicted molar refractivity (Wildman–Crippen MR) is 73.4 cm³/mol. The van der Waals surface area contributed by atoms with E-state index in [1.165, 1.54) is 6.07 Å². The summed E-state index contributed by atoms with van der Waals surface area (Å²) in [5.41, 5.74) is 0.478. The van der Waals surface area contributed by atoms with Crippen molar-refractivity contribution in [2.24, 2.45) is 0 Å². The molecule has 1 aliphatic heterocycles. The van der Waals surface area contributed by atoms with Crippen LogP contribution in [0, 0.1) is 5.82 Å². The van der Waals surface area contributed by atoms with Gasteiger partial charge in [0.15, 0.2) is 5.82 Å². The van der Waals surface area contributed by atoms with Crippen molar-refractivity contribution >= 4 is 11.6 Å². The average molecular weight is 296 g/mol. The van der Waals surface area contributed by atoms with Crippen molar-refractivity contribution in [3.8, 4) is 0 Å². The van der Waals surface area contributed by atoms with Gasteiger partial charge in [0.25, 0.3) is 0 Å². The number of hydrogen-bond acceptors (Lipinski definition) is 4. The lowest BCUT2D eigenvalue weighted by Gasteiger charge is -2.18. The molecule has 0 spiro atoms. The molecule has 0 radical (unpaired) electrons. The molecule has 1 N–H and O–H groups in total. The van der Waals surface area contributed by atoms with Gasteiger partial charge in [-0.3, -0.25) is 0 Å². The zero-order valence-electron chi connectivity index (χ0n) is 10.9. The Balaban J connectivity index is 1.75. The van der Waals surface area contributed by atoms with Gasteiger partial charge in [-0.15, -0.1) is 0 Å². The van der Waals surface area contributed by atoms with E-state index < -0.39 is 5.82 Å². The van der Waals surface area contributed by atoms with Crippen LogP contribution in [-0.2, 0) is 6.42 Å². The summed E-state index contributed by atoms with van der Waals surface area (Å²) in [6.45, 7) is 1.89. The van der Waals surface area contributed by atoms with Crippen LogP contribution in [0.5, 0.6) is 0 Å². The van der Waals surface area contributed by atoms with Gasteiger partial charge in [-0.2, -0.15) is 4.98 Å². The number of rotatable bonds is 3. The monoisotopic (exact) mass is 295 g/mol. The maximum atomic E-state index is 13.8. The maximum absolute atomic E-state index is 13.8. The first-order valence-corrected chi connectivity index (χ1v) is 7.08. The second-order valence-corrected chi connectivity index (χ2v) is 5.39. The molecule has 1 saturated heterocycles. The number of benzene rings is 1. The normalized spacial score (nSPS) is 19.2. The van der Waals surface area contributed by atoms with Crippen molar-refractivity contribution < 1.29 is 8.91 Å². The summed E-state index contributed by atoms with van der Waals surface area (Å²) >= 11 is 5.76. The number of halogens is 2. The summed E-state index contributed by atoms with van der Waals surface area (Å²) < 4.78 is 19.1. The van der Waals surface area contributed by atoms with Gasteiger partial charge in [0.05, 0.1) is 10.9 Å². The van der Waals surface area contributed by atoms with E-state index in [9.17, 15) is 4.39 Å². The van der Waals surface area contributed by atoms with Gasteiger partial charge in [-0.1, -0.05) is 28.9 Å². The van der Waals surface area contributed by atoms with E-state index in [0.717, 1.165) is 25.9 Å². The Hall–Kier alpha value is -1.46. The van der Waals surface area contributed by atoms with E-state index in [1.807, 2.05) is 0 Å². The van der Waals surface area contributed by atoms with Crippen molar-refractivity contribution in [1.82, 2.24) is 15.5 Å². The van der Waals surface area contributed by atoms with Gasteiger partial charge >= 0.3 is 0 Å². The van der Waals surface area contributed by atoms with E-state index in [-0.39, 0.29) is 17.4 Å². The van der Waals surface area contributed by atoms with Crippen LogP contribution in [0.1, 0.15) is 36.0 Å². The van der Waals surface area contributed by atoms with E-state index in [4.69, 9.17) is 16.1 Å². The lowest BCUT2D eigenvalue weighted by molar-refractivity contribution is 0.320. The van der Waals surface area contributed by atoms with Crippen LogP contribution in [0.25, 0.3) is 0 Å². The average Bonchev–Trinajstić information content (AvgIpc) is 2.93. The lowest BCUT2D eigenvalue weighted by atomic mass is 10.00. The zero-order chi connectivity index (χ0) is 13.9. The Bertz CT molecular complexity index is 596. The van der Waals surface area contributed by atoms with Crippen LogP contribution in [0.4, 0.5) is 4.39 Å². The fraction of sp³-hybridized carbons (Fsp3) is 0.429. The first-order chi connectivity index (χ1) is 9.74. The van der Waals surface area contributed by atoms with E-state index in [0.29, 0.717) is 17.3 Å². The molecule has 0 saturated carbocycles. The number of piperidine rings is 1. The number of hydrogen-bond donors (Lipinski definition) is 1. The molecule has 2 heterocycles. The summed E-state index contributed by atoms with van der Waals surface area (Å²) in [4.78, 5) is 4.37. The molecule has 2 aromatic rings. The molecular formula is C14H15ClFN3O. The molecule has 20 heavy (non-hydrogen) atoms. The Morgan fingerprint density at radius 3 is 3.15 bits per heavy atom. The molecule has 4 nitrogen and oxygen atoms in total. The first kappa shape index (κ1) is 13.5. The molecule has 1 aromatic carbocycles. The summed E-state index contributed by atoms with van der Waals surface area (Å²) in [6.07, 6.45) is 2.43. The minimum Gasteiger partial charge on any atom is -0.339 e. The SMILES string of the molecule is Fc1c(Cl)cccc1Cc1noc([C@H]2CCCNC2)n1. The highest BCUT2D eigenvalue weighted by atomic mass is 35.5. The second-order valence-electron chi connectivity index (χ2n) is 4.98. The number of nitrogens with zero attached hydrogens (tertiary/aromatic N) is 2. The Morgan fingerprint density at radius 1 is 1.45 bits per heavy atom. The Labute approximate surface area is 121 Å². The van der Waals surface area contributed by atoms with Crippen LogP contribution in [0.2, 0.25) is 5.02 Å². The molecule has 1 atom stereocenters. The lowest BCUT2D eigenvalue weighted by Crippen LogP contribution is -2.28. The van der Waals surface area contributed by atoms with Gasteiger partial charge < -0.3 is 9.84 Å². The maximum Gasteiger partial charge on any atom is 0.231 e. The third-order valence-corrected chi connectivity index (χ3v) is 3.80. The smallest absolute Gasteiger partial charge is 0.231 e. The molecular weight excluding hydrogens is 281 g/mol. The van der Waals surface area contributed by atoms with Crippen molar-refractivity contribution in [3.63, 3.8) is 0 Å². The van der Waals surface area contributed by atoms with E-state index >= 15 is 0 Å². The van der Waals surface area contributed by atoms with Gasteiger partial charge in [-0.05, 0) is 31.0 Å². The minimum atomic E-state index is -0.417. The third-order valence-electron chi connectivity index (χ3n) is 3.51. The van der Waals surface area contributed by atoms with Crippen LogP contribution in [0.3, 0.4) is 0 Å². The molecule has 6 heteroatoms. The van der Waals surface area contributed by atoms with E-state index in [1.54, 1.807) is 12.1 Å². The number of nitrogens with one attached hydrogen (secondary N) is 1. The highest BCUT2D eigenvalue weighted by molar-refractivity contribution is 6.30. The van der Waals surface area contributed by atoms with Crippen LogP contribution < -0.4 is 5.32 Å². The fourth-order valence-electron chi connectivity index (χ4n) is 2.42. The molecule has 1 aromatic heterocycles. The summed E-state index contributed by atoms with van der Waals surface area (Å²) in [7, 11) is 0. The largest absolute Gasteiger partial charge is 0.339 e. The van der Waals surface area contributed by atoms with Crippen molar-refractivity contribution in [2.45, 2.75) is 25.2 Å². The molecule has 1 fully saturated rings. The molecule has 1 aliphatic rings. The van der Waals surface area contributed by atoms with Crippen LogP contribution >= 0.6 is 11.6 Å². The standard InChI is InChI=1S/C14H15ClFN3O/c15-11-5-1-3-9(13(11)16)7-12-18-14(20-19-12)10-4-2-6-17-8-10/h1,3,5,10,17H,2,4,6-8H2/t10-/m0/s1. The van der Waals surface area contributed by atoms with Gasteiger partial charge in [0, 0.05) is 13.0 Å². The topological polar surface area (TPSA) is 51.0 Å². The summed E-state index contributed by atoms with van der Waals surface area (Å²) in [6, 6.07) is 4.92. The number of aromatic nitrogens is 2. The van der Waals surface area contributed by atoms with Crippen LogP contribution in [-0.4, -0.2) is 23.2 Å². The summed E-state index contributed by atoms with van der Waals surface area (Å²) in [5.74, 6) is 0.968. The van der Waals surface area contributed by atoms with Gasteiger partial charge in [0.2, 0.25) is 5.89 Å². The Kier molecular flexibility index (Phi) is 3.98. The zero-order valence-corrected chi connectivity index (χ0v) is 11.7. The predicted octanol–water partition coefficient (Wildman–Crippen LogP) is 2.92. The van der Waals surface area contributed by atoms with Crippen molar-refractivity contribution in [3.05, 3.63) is 46.3 Å². The van der Waals surface area contributed by atoms with Gasteiger partial charge in [0.1, 0.15) is 5.82 Å². The molecule has 3 rings (SSSR count). The van der Waals surface area contributed by atoms with Crippen molar-refractivity contribution in [1.29, 1.82) is 0 Å². The van der Waals surface area contributed by atoms with Gasteiger partial charge in [-0.25, -0.2) is 4.39 Å². The molecule has 106 valence electrons. The quantitative estimate of drug-likeness (QED) is 0.946. The highest BCUT2D eigenvalue weighted by Gasteiger charge is 2.21. The third kappa shape index (κ3) is 2.83. The summed E-state index contributed by atoms with van der Waals surface area (Å²) in [5, 5.41) is 7.35. The fourth-order valence-corrected chi connectivity index (χ4v) is 2.62. The Morgan fingerprint density at radius 2 is 2.35 bits per heavy atom. The van der Waals surface area contributed by atoms with Crippen molar-refractivity contribution in [2.75, 3.05) is 13.1 Å². The first-order valence-electron chi connectivity index (χ1n) is 6.70. The van der Waals surface area contributed by atoms with Crippen LogP contribution in [0.15, 0.2) is 22.7 Å². The molecule has 0 bridgehead atoms. The molecule has 0 aliphatic carbocycles.